The Hall–Kier alpha value is -0.890. The van der Waals surface area contributed by atoms with Crippen LogP contribution < -0.4 is 4.72 Å². The molecule has 0 aliphatic rings. The lowest BCUT2D eigenvalue weighted by molar-refractivity contribution is 0.600. The number of nitrogens with zero attached hydrogens (tertiary/aromatic N) is 2. The number of rotatable bonds is 3. The molecule has 1 N–H and O–H groups in total. The molecule has 0 amide bonds. The standard InChI is InChI=1S/C10H6BrCl2N3O2S/c11-6-3-8(10(13)15-5-6)19(17,18)16-9-4-7(12)1-2-14-9/h1-5H,(H,14,16). The van der Waals surface area contributed by atoms with Crippen molar-refractivity contribution < 1.29 is 8.42 Å². The molecule has 0 bridgehead atoms. The Morgan fingerprint density at radius 2 is 1.95 bits per heavy atom. The minimum absolute atomic E-state index is 0.101. The molecule has 0 spiro atoms. The van der Waals surface area contributed by atoms with E-state index in [-0.39, 0.29) is 15.9 Å². The second-order valence-electron chi connectivity index (χ2n) is 3.41. The maximum absolute atomic E-state index is 12.1. The van der Waals surface area contributed by atoms with Gasteiger partial charge in [-0.1, -0.05) is 23.2 Å². The van der Waals surface area contributed by atoms with Gasteiger partial charge in [0.05, 0.1) is 0 Å². The monoisotopic (exact) mass is 381 g/mol. The average molecular weight is 383 g/mol. The van der Waals surface area contributed by atoms with Crippen molar-refractivity contribution in [2.24, 2.45) is 0 Å². The fraction of sp³-hybridized carbons (Fsp3) is 0. The van der Waals surface area contributed by atoms with E-state index in [4.69, 9.17) is 23.2 Å². The van der Waals surface area contributed by atoms with Gasteiger partial charge < -0.3 is 0 Å². The number of sulfonamides is 1. The van der Waals surface area contributed by atoms with Crippen molar-refractivity contribution in [3.8, 4) is 0 Å². The highest BCUT2D eigenvalue weighted by Gasteiger charge is 2.20. The van der Waals surface area contributed by atoms with Crippen LogP contribution in [0.2, 0.25) is 10.2 Å². The van der Waals surface area contributed by atoms with Crippen molar-refractivity contribution in [3.63, 3.8) is 0 Å². The van der Waals surface area contributed by atoms with Crippen LogP contribution in [0.5, 0.6) is 0 Å². The van der Waals surface area contributed by atoms with E-state index in [0.717, 1.165) is 0 Å². The van der Waals surface area contributed by atoms with E-state index in [0.29, 0.717) is 9.50 Å². The highest BCUT2D eigenvalue weighted by Crippen LogP contribution is 2.24. The van der Waals surface area contributed by atoms with Gasteiger partial charge in [-0.2, -0.15) is 0 Å². The van der Waals surface area contributed by atoms with Gasteiger partial charge >= 0.3 is 0 Å². The Bertz CT molecular complexity index is 724. The smallest absolute Gasteiger partial charge is 0.263 e. The number of hydrogen-bond acceptors (Lipinski definition) is 4. The van der Waals surface area contributed by atoms with Crippen molar-refractivity contribution in [2.45, 2.75) is 4.90 Å². The van der Waals surface area contributed by atoms with E-state index in [1.807, 2.05) is 0 Å². The fourth-order valence-corrected chi connectivity index (χ4v) is 3.35. The van der Waals surface area contributed by atoms with Gasteiger partial charge in [0.15, 0.2) is 0 Å². The summed E-state index contributed by atoms with van der Waals surface area (Å²) in [5, 5.41) is 0.240. The molecule has 0 fully saturated rings. The number of hydrogen-bond donors (Lipinski definition) is 1. The third-order valence-electron chi connectivity index (χ3n) is 2.02. The molecule has 5 nitrogen and oxygen atoms in total. The molecule has 2 aromatic heterocycles. The number of nitrogens with one attached hydrogen (secondary N) is 1. The summed E-state index contributed by atoms with van der Waals surface area (Å²) in [6.07, 6.45) is 2.79. The molecule has 0 aliphatic carbocycles. The second kappa shape index (κ2) is 5.62. The zero-order valence-corrected chi connectivity index (χ0v) is 13.1. The van der Waals surface area contributed by atoms with Crippen molar-refractivity contribution >= 4 is 55.0 Å². The van der Waals surface area contributed by atoms with E-state index in [1.165, 1.54) is 30.6 Å². The zero-order valence-electron chi connectivity index (χ0n) is 9.14. The summed E-state index contributed by atoms with van der Waals surface area (Å²) >= 11 is 14.7. The molecular formula is C10H6BrCl2N3O2S. The van der Waals surface area contributed by atoms with Gasteiger partial charge in [-0.3, -0.25) is 4.72 Å². The SMILES string of the molecule is O=S(=O)(Nc1cc(Cl)ccn1)c1cc(Br)cnc1Cl. The van der Waals surface area contributed by atoms with Gasteiger partial charge in [0.1, 0.15) is 15.9 Å². The molecule has 100 valence electrons. The second-order valence-corrected chi connectivity index (χ2v) is 6.77. The molecule has 2 aromatic rings. The molecule has 2 heterocycles. The molecule has 0 aliphatic heterocycles. The van der Waals surface area contributed by atoms with Crippen LogP contribution in [0, 0.1) is 0 Å². The predicted molar refractivity (Wildman–Crippen MR) is 77.0 cm³/mol. The largest absolute Gasteiger partial charge is 0.266 e. The van der Waals surface area contributed by atoms with E-state index >= 15 is 0 Å². The number of aromatic nitrogens is 2. The molecule has 9 heteroatoms. The predicted octanol–water partition coefficient (Wildman–Crippen LogP) is 3.35. The molecule has 19 heavy (non-hydrogen) atoms. The van der Waals surface area contributed by atoms with Crippen LogP contribution in [0.15, 0.2) is 40.0 Å². The van der Waals surface area contributed by atoms with E-state index in [9.17, 15) is 8.42 Å². The summed E-state index contributed by atoms with van der Waals surface area (Å²) in [6, 6.07) is 4.27. The van der Waals surface area contributed by atoms with Gasteiger partial charge in [-0.25, -0.2) is 18.4 Å². The number of halogens is 3. The van der Waals surface area contributed by atoms with E-state index in [1.54, 1.807) is 0 Å². The summed E-state index contributed by atoms with van der Waals surface area (Å²) in [5.74, 6) is 0.101. The van der Waals surface area contributed by atoms with Crippen molar-refractivity contribution in [1.82, 2.24) is 9.97 Å². The maximum Gasteiger partial charge on any atom is 0.266 e. The Balaban J connectivity index is 2.40. The molecule has 0 aromatic carbocycles. The number of anilines is 1. The van der Waals surface area contributed by atoms with Crippen LogP contribution >= 0.6 is 39.1 Å². The normalized spacial score (nSPS) is 11.3. The Morgan fingerprint density at radius 1 is 1.21 bits per heavy atom. The fourth-order valence-electron chi connectivity index (χ4n) is 1.25. The van der Waals surface area contributed by atoms with Crippen LogP contribution in [0.4, 0.5) is 5.82 Å². The Labute approximate surface area is 128 Å². The van der Waals surface area contributed by atoms with Crippen LogP contribution in [-0.4, -0.2) is 18.4 Å². The van der Waals surface area contributed by atoms with Crippen LogP contribution in [0.1, 0.15) is 0 Å². The first-order valence-electron chi connectivity index (χ1n) is 4.84. The Kier molecular flexibility index (Phi) is 4.29. The van der Waals surface area contributed by atoms with Crippen molar-refractivity contribution in [3.05, 3.63) is 45.2 Å². The first-order chi connectivity index (χ1) is 8.88. The van der Waals surface area contributed by atoms with Crippen molar-refractivity contribution in [1.29, 1.82) is 0 Å². The average Bonchev–Trinajstić information content (AvgIpc) is 2.31. The molecule has 0 radical (unpaired) electrons. The minimum Gasteiger partial charge on any atom is -0.263 e. The quantitative estimate of drug-likeness (QED) is 0.826. The summed E-state index contributed by atoms with van der Waals surface area (Å²) < 4.78 is 27.1. The zero-order chi connectivity index (χ0) is 14.0. The number of pyridine rings is 2. The first-order valence-corrected chi connectivity index (χ1v) is 7.87. The third kappa shape index (κ3) is 3.56. The third-order valence-corrected chi connectivity index (χ3v) is 4.47. The molecule has 0 saturated heterocycles. The highest BCUT2D eigenvalue weighted by molar-refractivity contribution is 9.10. The van der Waals surface area contributed by atoms with Gasteiger partial charge in [0, 0.05) is 28.0 Å². The molecular weight excluding hydrogens is 377 g/mol. The maximum atomic E-state index is 12.1. The highest BCUT2D eigenvalue weighted by atomic mass is 79.9. The molecule has 0 saturated carbocycles. The van der Waals surface area contributed by atoms with Crippen LogP contribution in [-0.2, 0) is 10.0 Å². The van der Waals surface area contributed by atoms with E-state index in [2.05, 4.69) is 30.6 Å². The topological polar surface area (TPSA) is 72.0 Å². The van der Waals surface area contributed by atoms with E-state index < -0.39 is 10.0 Å². The van der Waals surface area contributed by atoms with Crippen LogP contribution in [0.25, 0.3) is 0 Å². The Morgan fingerprint density at radius 3 is 2.63 bits per heavy atom. The summed E-state index contributed by atoms with van der Waals surface area (Å²) in [5.41, 5.74) is 0. The van der Waals surface area contributed by atoms with Gasteiger partial charge in [-0.05, 0) is 28.1 Å². The summed E-state index contributed by atoms with van der Waals surface area (Å²) in [4.78, 5) is 7.46. The molecule has 2 rings (SSSR count). The van der Waals surface area contributed by atoms with Crippen molar-refractivity contribution in [2.75, 3.05) is 4.72 Å². The van der Waals surface area contributed by atoms with Gasteiger partial charge in [0.2, 0.25) is 0 Å². The molecule has 0 atom stereocenters. The van der Waals surface area contributed by atoms with Crippen LogP contribution in [0.3, 0.4) is 0 Å². The summed E-state index contributed by atoms with van der Waals surface area (Å²) in [7, 11) is -3.88. The lowest BCUT2D eigenvalue weighted by atomic mass is 10.5. The lowest BCUT2D eigenvalue weighted by Gasteiger charge is -2.08. The first kappa shape index (κ1) is 14.5. The lowest BCUT2D eigenvalue weighted by Crippen LogP contribution is -2.14. The minimum atomic E-state index is -3.88. The summed E-state index contributed by atoms with van der Waals surface area (Å²) in [6.45, 7) is 0. The van der Waals surface area contributed by atoms with Gasteiger partial charge in [-0.15, -0.1) is 0 Å². The molecule has 0 unspecified atom stereocenters. The van der Waals surface area contributed by atoms with Gasteiger partial charge in [0.25, 0.3) is 10.0 Å².